The average Bonchev–Trinajstić information content (AvgIpc) is 3.16. The van der Waals surface area contributed by atoms with Gasteiger partial charge in [-0.3, -0.25) is 9.59 Å². The highest BCUT2D eigenvalue weighted by atomic mass is 16.5. The van der Waals surface area contributed by atoms with Crippen molar-refractivity contribution in [3.63, 3.8) is 0 Å². The third-order valence-electron chi connectivity index (χ3n) is 6.17. The highest BCUT2D eigenvalue weighted by Crippen LogP contribution is 2.30. The van der Waals surface area contributed by atoms with Gasteiger partial charge in [0.25, 0.3) is 0 Å². The molecule has 0 N–H and O–H groups in total. The number of aromatic nitrogens is 1. The lowest BCUT2D eigenvalue weighted by atomic mass is 9.85. The van der Waals surface area contributed by atoms with E-state index in [1.54, 1.807) is 7.11 Å². The Morgan fingerprint density at radius 2 is 1.89 bits per heavy atom. The van der Waals surface area contributed by atoms with Crippen LogP contribution in [0.5, 0.6) is 0 Å². The monoisotopic (exact) mass is 390 g/mol. The Balaban J connectivity index is 1.64. The summed E-state index contributed by atoms with van der Waals surface area (Å²) in [5.74, 6) is 1.04. The number of hydrogen-bond acceptors (Lipinski definition) is 5. The molecule has 1 aromatic rings. The summed E-state index contributed by atoms with van der Waals surface area (Å²) in [6, 6.07) is 1.55. The highest BCUT2D eigenvalue weighted by molar-refractivity contribution is 5.91. The first-order valence-corrected chi connectivity index (χ1v) is 10.6. The maximum atomic E-state index is 13.1. The third kappa shape index (κ3) is 4.83. The number of ketones is 1. The van der Waals surface area contributed by atoms with Crippen LogP contribution in [0.25, 0.3) is 0 Å². The average molecular weight is 391 g/mol. The van der Waals surface area contributed by atoms with Gasteiger partial charge in [0.2, 0.25) is 5.91 Å². The second-order valence-electron chi connectivity index (χ2n) is 9.33. The van der Waals surface area contributed by atoms with Gasteiger partial charge in [0.05, 0.1) is 24.3 Å². The molecule has 6 heteroatoms. The Morgan fingerprint density at radius 3 is 2.50 bits per heavy atom. The van der Waals surface area contributed by atoms with Crippen LogP contribution in [0.2, 0.25) is 0 Å². The smallest absolute Gasteiger partial charge is 0.226 e. The molecule has 1 atom stereocenters. The second kappa shape index (κ2) is 8.76. The van der Waals surface area contributed by atoms with Crippen LogP contribution >= 0.6 is 0 Å². The van der Waals surface area contributed by atoms with E-state index in [1.807, 2.05) is 11.0 Å². The molecule has 1 aromatic heterocycles. The lowest BCUT2D eigenvalue weighted by Gasteiger charge is -2.38. The summed E-state index contributed by atoms with van der Waals surface area (Å²) < 4.78 is 10.8. The van der Waals surface area contributed by atoms with E-state index >= 15 is 0 Å². The molecule has 1 saturated heterocycles. The largest absolute Gasteiger partial charge is 0.381 e. The van der Waals surface area contributed by atoms with E-state index in [9.17, 15) is 9.59 Å². The molecule has 1 aliphatic carbocycles. The van der Waals surface area contributed by atoms with E-state index < -0.39 is 0 Å². The van der Waals surface area contributed by atoms with Gasteiger partial charge in [-0.15, -0.1) is 0 Å². The summed E-state index contributed by atoms with van der Waals surface area (Å²) in [6.07, 6.45) is 6.77. The number of Topliss-reactive ketones (excluding diaryl/α,β-unsaturated/α-hetero) is 1. The minimum Gasteiger partial charge on any atom is -0.381 e. The zero-order chi connectivity index (χ0) is 20.3. The molecule has 2 aliphatic rings. The number of piperidine rings is 1. The Bertz CT molecular complexity index is 683. The van der Waals surface area contributed by atoms with Gasteiger partial charge in [-0.1, -0.05) is 25.9 Å². The SMILES string of the molecule is COC1CCC(C(=O)N2CCCC[C@H]2C(=O)Cc2cc(C(C)(C)C)on2)CC1. The van der Waals surface area contributed by atoms with E-state index in [2.05, 4.69) is 25.9 Å². The molecule has 0 spiro atoms. The first kappa shape index (κ1) is 21.0. The third-order valence-corrected chi connectivity index (χ3v) is 6.17. The predicted octanol–water partition coefficient (Wildman–Crippen LogP) is 3.67. The number of carbonyl (C=O) groups excluding carboxylic acids is 2. The number of methoxy groups -OCH3 is 1. The van der Waals surface area contributed by atoms with Gasteiger partial charge < -0.3 is 14.2 Å². The minimum atomic E-state index is -0.323. The second-order valence-corrected chi connectivity index (χ2v) is 9.33. The van der Waals surface area contributed by atoms with E-state index in [0.29, 0.717) is 12.2 Å². The van der Waals surface area contributed by atoms with Crippen molar-refractivity contribution in [2.75, 3.05) is 13.7 Å². The van der Waals surface area contributed by atoms with Gasteiger partial charge >= 0.3 is 0 Å². The molecule has 0 unspecified atom stereocenters. The van der Waals surface area contributed by atoms with Crippen LogP contribution in [0.1, 0.15) is 77.2 Å². The van der Waals surface area contributed by atoms with E-state index in [-0.39, 0.29) is 41.6 Å². The molecular weight excluding hydrogens is 356 g/mol. The number of nitrogens with zero attached hydrogens (tertiary/aromatic N) is 2. The normalized spacial score (nSPS) is 26.3. The number of ether oxygens (including phenoxy) is 1. The number of carbonyl (C=O) groups is 2. The first-order valence-electron chi connectivity index (χ1n) is 10.6. The van der Waals surface area contributed by atoms with Crippen LogP contribution in [0.15, 0.2) is 10.6 Å². The van der Waals surface area contributed by atoms with Gasteiger partial charge in [0, 0.05) is 31.1 Å². The summed E-state index contributed by atoms with van der Waals surface area (Å²) in [5, 5.41) is 4.08. The van der Waals surface area contributed by atoms with E-state index in [1.165, 1.54) is 0 Å². The van der Waals surface area contributed by atoms with Crippen molar-refractivity contribution in [2.24, 2.45) is 5.92 Å². The lowest BCUT2D eigenvalue weighted by Crippen LogP contribution is -2.51. The van der Waals surface area contributed by atoms with Crippen LogP contribution in [-0.2, 0) is 26.2 Å². The standard InChI is InChI=1S/C22H34N2O4/c1-22(2,3)20-14-16(23-28-20)13-19(25)18-7-5-6-12-24(18)21(26)15-8-10-17(27-4)11-9-15/h14-15,17-18H,5-13H2,1-4H3/t15?,17?,18-/m0/s1. The van der Waals surface area contributed by atoms with Crippen LogP contribution in [0.4, 0.5) is 0 Å². The minimum absolute atomic E-state index is 0.0272. The number of rotatable bonds is 5. The van der Waals surface area contributed by atoms with Gasteiger partial charge in [-0.25, -0.2) is 0 Å². The summed E-state index contributed by atoms with van der Waals surface area (Å²) in [6.45, 7) is 6.85. The first-order chi connectivity index (χ1) is 13.3. The Labute approximate surface area is 168 Å². The topological polar surface area (TPSA) is 72.6 Å². The predicted molar refractivity (Wildman–Crippen MR) is 106 cm³/mol. The molecule has 0 aromatic carbocycles. The molecule has 1 amide bonds. The van der Waals surface area contributed by atoms with Gasteiger partial charge in [-0.05, 0) is 44.9 Å². The Morgan fingerprint density at radius 1 is 1.18 bits per heavy atom. The molecule has 2 fully saturated rings. The fourth-order valence-electron chi connectivity index (χ4n) is 4.35. The summed E-state index contributed by atoms with van der Waals surface area (Å²) in [5.41, 5.74) is 0.524. The van der Waals surface area contributed by atoms with Crippen LogP contribution in [0.3, 0.4) is 0 Å². The van der Waals surface area contributed by atoms with Crippen molar-refractivity contribution in [3.05, 3.63) is 17.5 Å². The molecule has 156 valence electrons. The van der Waals surface area contributed by atoms with Crippen molar-refractivity contribution in [3.8, 4) is 0 Å². The number of amides is 1. The van der Waals surface area contributed by atoms with Gasteiger partial charge in [0.15, 0.2) is 5.78 Å². The van der Waals surface area contributed by atoms with Crippen molar-refractivity contribution in [2.45, 2.75) is 89.7 Å². The fraction of sp³-hybridized carbons (Fsp3) is 0.773. The molecule has 0 radical (unpaired) electrons. The summed E-state index contributed by atoms with van der Waals surface area (Å²) in [4.78, 5) is 28.0. The van der Waals surface area contributed by atoms with E-state index in [4.69, 9.17) is 9.26 Å². The highest BCUT2D eigenvalue weighted by Gasteiger charge is 2.37. The van der Waals surface area contributed by atoms with Crippen molar-refractivity contribution >= 4 is 11.7 Å². The summed E-state index contributed by atoms with van der Waals surface area (Å²) >= 11 is 0. The Hall–Kier alpha value is -1.69. The summed E-state index contributed by atoms with van der Waals surface area (Å²) in [7, 11) is 1.74. The maximum absolute atomic E-state index is 13.1. The Kier molecular flexibility index (Phi) is 6.58. The molecule has 6 nitrogen and oxygen atoms in total. The van der Waals surface area contributed by atoms with Gasteiger partial charge in [0.1, 0.15) is 5.76 Å². The van der Waals surface area contributed by atoms with Crippen molar-refractivity contribution < 1.29 is 18.8 Å². The van der Waals surface area contributed by atoms with Crippen LogP contribution < -0.4 is 0 Å². The maximum Gasteiger partial charge on any atom is 0.226 e. The molecule has 2 heterocycles. The molecule has 1 saturated carbocycles. The molecule has 1 aliphatic heterocycles. The fourth-order valence-corrected chi connectivity index (χ4v) is 4.35. The molecule has 0 bridgehead atoms. The zero-order valence-corrected chi connectivity index (χ0v) is 17.7. The van der Waals surface area contributed by atoms with E-state index in [0.717, 1.165) is 50.7 Å². The van der Waals surface area contributed by atoms with Gasteiger partial charge in [-0.2, -0.15) is 0 Å². The van der Waals surface area contributed by atoms with Crippen LogP contribution in [-0.4, -0.2) is 47.5 Å². The zero-order valence-electron chi connectivity index (χ0n) is 17.7. The molecule has 28 heavy (non-hydrogen) atoms. The quantitative estimate of drug-likeness (QED) is 0.767. The number of likely N-dealkylation sites (tertiary alicyclic amines) is 1. The lowest BCUT2D eigenvalue weighted by molar-refractivity contribution is -0.146. The number of hydrogen-bond donors (Lipinski definition) is 0. The van der Waals surface area contributed by atoms with Crippen molar-refractivity contribution in [1.82, 2.24) is 10.1 Å². The van der Waals surface area contributed by atoms with Crippen molar-refractivity contribution in [1.29, 1.82) is 0 Å². The molecular formula is C22H34N2O4. The van der Waals surface area contributed by atoms with Crippen LogP contribution in [0, 0.1) is 5.92 Å². The molecule has 3 rings (SSSR count).